The Hall–Kier alpha value is -1.36. The van der Waals surface area contributed by atoms with Crippen molar-refractivity contribution in [2.45, 2.75) is 13.0 Å². The van der Waals surface area contributed by atoms with Crippen LogP contribution >= 0.6 is 11.6 Å². The normalized spacial score (nSPS) is 11.1. The van der Waals surface area contributed by atoms with Crippen LogP contribution in [0.3, 0.4) is 0 Å². The molecule has 1 aromatic heterocycles. The van der Waals surface area contributed by atoms with Crippen molar-refractivity contribution in [2.24, 2.45) is 0 Å². The minimum atomic E-state index is 0.596. The van der Waals surface area contributed by atoms with Crippen molar-refractivity contribution >= 4 is 28.8 Å². The number of ether oxygens (including phenoxy) is 2. The Kier molecular flexibility index (Phi) is 5.59. The lowest BCUT2D eigenvalue weighted by atomic mass is 10.2. The van der Waals surface area contributed by atoms with Gasteiger partial charge in [0.1, 0.15) is 0 Å². The quantitative estimate of drug-likeness (QED) is 0.555. The lowest BCUT2D eigenvalue weighted by molar-refractivity contribution is 0.0981. The molecular formula is C15H18ClNO3. The lowest BCUT2D eigenvalue weighted by Crippen LogP contribution is -2.07. The van der Waals surface area contributed by atoms with Gasteiger partial charge in [-0.2, -0.15) is 0 Å². The summed E-state index contributed by atoms with van der Waals surface area (Å²) in [5, 5.41) is 1.58. The first kappa shape index (κ1) is 15.0. The average molecular weight is 296 g/mol. The molecule has 0 aliphatic carbocycles. The number of halogens is 1. The average Bonchev–Trinajstić information content (AvgIpc) is 2.80. The first-order chi connectivity index (χ1) is 9.76. The summed E-state index contributed by atoms with van der Waals surface area (Å²) >= 11 is 6.01. The molecule has 108 valence electrons. The largest absolute Gasteiger partial charge is 0.385 e. The van der Waals surface area contributed by atoms with Gasteiger partial charge in [0.05, 0.1) is 12.1 Å². The van der Waals surface area contributed by atoms with Crippen LogP contribution in [-0.2, 0) is 16.0 Å². The fraction of sp³-hybridized carbons (Fsp3) is 0.400. The van der Waals surface area contributed by atoms with Crippen LogP contribution in [0.5, 0.6) is 0 Å². The van der Waals surface area contributed by atoms with Crippen LogP contribution in [0.25, 0.3) is 10.9 Å². The van der Waals surface area contributed by atoms with Gasteiger partial charge >= 0.3 is 0 Å². The highest BCUT2D eigenvalue weighted by Gasteiger charge is 2.08. The number of carbonyl (C=O) groups is 1. The molecule has 0 unspecified atom stereocenters. The van der Waals surface area contributed by atoms with E-state index in [-0.39, 0.29) is 0 Å². The molecule has 2 aromatic rings. The highest BCUT2D eigenvalue weighted by molar-refractivity contribution is 6.31. The minimum absolute atomic E-state index is 0.596. The number of benzene rings is 1. The van der Waals surface area contributed by atoms with Crippen LogP contribution in [-0.4, -0.2) is 37.8 Å². The zero-order valence-electron chi connectivity index (χ0n) is 11.5. The van der Waals surface area contributed by atoms with Gasteiger partial charge < -0.3 is 14.0 Å². The van der Waals surface area contributed by atoms with E-state index in [0.717, 1.165) is 23.6 Å². The maximum Gasteiger partial charge on any atom is 0.152 e. The van der Waals surface area contributed by atoms with Crippen molar-refractivity contribution in [3.8, 4) is 0 Å². The molecule has 5 heteroatoms. The summed E-state index contributed by atoms with van der Waals surface area (Å²) in [4.78, 5) is 11.1. The third kappa shape index (κ3) is 3.60. The predicted molar refractivity (Wildman–Crippen MR) is 79.6 cm³/mol. The van der Waals surface area contributed by atoms with Gasteiger partial charge in [0.25, 0.3) is 0 Å². The van der Waals surface area contributed by atoms with Crippen molar-refractivity contribution in [3.05, 3.63) is 35.0 Å². The van der Waals surface area contributed by atoms with Crippen molar-refractivity contribution in [1.82, 2.24) is 4.57 Å². The molecule has 20 heavy (non-hydrogen) atoms. The Morgan fingerprint density at radius 2 is 2.15 bits per heavy atom. The topological polar surface area (TPSA) is 40.5 Å². The lowest BCUT2D eigenvalue weighted by Gasteiger charge is -2.07. The molecule has 0 saturated heterocycles. The van der Waals surface area contributed by atoms with Gasteiger partial charge in [0.15, 0.2) is 6.29 Å². The fourth-order valence-electron chi connectivity index (χ4n) is 2.14. The van der Waals surface area contributed by atoms with Crippen molar-refractivity contribution in [2.75, 3.05) is 26.9 Å². The summed E-state index contributed by atoms with van der Waals surface area (Å²) in [7, 11) is 1.68. The summed E-state index contributed by atoms with van der Waals surface area (Å²) in [6, 6.07) is 5.54. The summed E-state index contributed by atoms with van der Waals surface area (Å²) in [5.74, 6) is 0. The smallest absolute Gasteiger partial charge is 0.152 e. The Labute approximate surface area is 123 Å². The molecule has 0 N–H and O–H groups in total. The van der Waals surface area contributed by atoms with Crippen molar-refractivity contribution in [1.29, 1.82) is 0 Å². The first-order valence-electron chi connectivity index (χ1n) is 6.56. The molecule has 1 heterocycles. The van der Waals surface area contributed by atoms with Crippen molar-refractivity contribution in [3.63, 3.8) is 0 Å². The molecule has 0 amide bonds. The fourth-order valence-corrected chi connectivity index (χ4v) is 2.31. The summed E-state index contributed by atoms with van der Waals surface area (Å²) in [6.45, 7) is 2.67. The molecule has 0 aliphatic rings. The molecule has 0 radical (unpaired) electrons. The summed E-state index contributed by atoms with van der Waals surface area (Å²) in [5.41, 5.74) is 1.64. The molecule has 0 aliphatic heterocycles. The van der Waals surface area contributed by atoms with E-state index in [1.807, 2.05) is 22.9 Å². The molecule has 0 saturated carbocycles. The third-order valence-corrected chi connectivity index (χ3v) is 3.35. The van der Waals surface area contributed by atoms with E-state index >= 15 is 0 Å². The van der Waals surface area contributed by atoms with Crippen LogP contribution in [0.4, 0.5) is 0 Å². The van der Waals surface area contributed by atoms with E-state index in [0.29, 0.717) is 37.0 Å². The Morgan fingerprint density at radius 1 is 1.30 bits per heavy atom. The number of aldehydes is 1. The zero-order chi connectivity index (χ0) is 14.4. The summed E-state index contributed by atoms with van der Waals surface area (Å²) < 4.78 is 12.5. The van der Waals surface area contributed by atoms with Gasteiger partial charge in [-0.15, -0.1) is 0 Å². The predicted octanol–water partition coefficient (Wildman–Crippen LogP) is 3.16. The monoisotopic (exact) mass is 295 g/mol. The highest BCUT2D eigenvalue weighted by atomic mass is 35.5. The van der Waals surface area contributed by atoms with Crippen LogP contribution in [0.1, 0.15) is 16.8 Å². The van der Waals surface area contributed by atoms with Crippen LogP contribution in [0.2, 0.25) is 5.02 Å². The molecule has 0 spiro atoms. The van der Waals surface area contributed by atoms with E-state index in [1.54, 1.807) is 13.2 Å². The molecular weight excluding hydrogens is 278 g/mol. The number of rotatable bonds is 8. The second kappa shape index (κ2) is 7.43. The van der Waals surface area contributed by atoms with Gasteiger partial charge in [0, 0.05) is 49.0 Å². The molecule has 4 nitrogen and oxygen atoms in total. The molecule has 0 bridgehead atoms. The van der Waals surface area contributed by atoms with E-state index in [9.17, 15) is 4.79 Å². The number of hydrogen-bond donors (Lipinski definition) is 0. The maximum atomic E-state index is 11.1. The number of nitrogens with zero attached hydrogens (tertiary/aromatic N) is 1. The van der Waals surface area contributed by atoms with Gasteiger partial charge in [-0.3, -0.25) is 4.79 Å². The molecule has 2 rings (SSSR count). The first-order valence-corrected chi connectivity index (χ1v) is 6.94. The van der Waals surface area contributed by atoms with E-state index in [1.165, 1.54) is 0 Å². The number of aromatic nitrogens is 1. The number of methoxy groups -OCH3 is 1. The molecule has 0 atom stereocenters. The third-order valence-electron chi connectivity index (χ3n) is 3.12. The van der Waals surface area contributed by atoms with E-state index in [2.05, 4.69) is 0 Å². The molecule has 0 fully saturated rings. The van der Waals surface area contributed by atoms with Crippen LogP contribution < -0.4 is 0 Å². The number of hydrogen-bond acceptors (Lipinski definition) is 3. The Balaban J connectivity index is 2.02. The zero-order valence-corrected chi connectivity index (χ0v) is 12.2. The van der Waals surface area contributed by atoms with Crippen LogP contribution in [0, 0.1) is 0 Å². The van der Waals surface area contributed by atoms with Crippen molar-refractivity contribution < 1.29 is 14.3 Å². The Morgan fingerprint density at radius 3 is 2.90 bits per heavy atom. The minimum Gasteiger partial charge on any atom is -0.385 e. The highest BCUT2D eigenvalue weighted by Crippen LogP contribution is 2.23. The van der Waals surface area contributed by atoms with E-state index < -0.39 is 0 Å². The Bertz CT molecular complexity index is 580. The summed E-state index contributed by atoms with van der Waals surface area (Å²) in [6.07, 6.45) is 3.59. The molecule has 1 aromatic carbocycles. The van der Waals surface area contributed by atoms with Gasteiger partial charge in [-0.1, -0.05) is 17.7 Å². The van der Waals surface area contributed by atoms with Gasteiger partial charge in [-0.25, -0.2) is 0 Å². The number of carbonyl (C=O) groups excluding carboxylic acids is 1. The second-order valence-corrected chi connectivity index (χ2v) is 4.95. The SMILES string of the molecule is COCCCOCCn1cc(C=O)c2ccc(Cl)cc21. The maximum absolute atomic E-state index is 11.1. The van der Waals surface area contributed by atoms with E-state index in [4.69, 9.17) is 21.1 Å². The second-order valence-electron chi connectivity index (χ2n) is 4.52. The van der Waals surface area contributed by atoms with Crippen LogP contribution in [0.15, 0.2) is 24.4 Å². The van der Waals surface area contributed by atoms with Gasteiger partial charge in [-0.05, 0) is 18.6 Å². The number of fused-ring (bicyclic) bond motifs is 1. The standard InChI is InChI=1S/C15H18ClNO3/c1-19-6-2-7-20-8-5-17-10-12(11-18)14-4-3-13(16)9-15(14)17/h3-4,9-11H,2,5-8H2,1H3. The van der Waals surface area contributed by atoms with Gasteiger partial charge in [0.2, 0.25) is 0 Å².